The SMILES string of the molecule is C=CCN1c2ccccc2[C@]2(CC=C)CC(=O)O[C@H]12. The van der Waals surface area contributed by atoms with Gasteiger partial charge >= 0.3 is 5.97 Å². The minimum atomic E-state index is -0.279. The number of carbonyl (C=O) groups is 1. The van der Waals surface area contributed by atoms with Gasteiger partial charge < -0.3 is 9.64 Å². The molecule has 0 radical (unpaired) electrons. The maximum Gasteiger partial charge on any atom is 0.308 e. The highest BCUT2D eigenvalue weighted by Crippen LogP contribution is 2.53. The number of hydrogen-bond donors (Lipinski definition) is 0. The molecule has 2 atom stereocenters. The lowest BCUT2D eigenvalue weighted by atomic mass is 9.76. The van der Waals surface area contributed by atoms with Gasteiger partial charge in [-0.3, -0.25) is 4.79 Å². The molecule has 1 saturated heterocycles. The normalized spacial score (nSPS) is 27.7. The molecule has 2 aliphatic rings. The molecule has 3 rings (SSSR count). The fourth-order valence-electron chi connectivity index (χ4n) is 3.36. The first kappa shape index (κ1) is 12.0. The van der Waals surface area contributed by atoms with Crippen LogP contribution in [0, 0.1) is 0 Å². The molecule has 2 aliphatic heterocycles. The first-order chi connectivity index (χ1) is 9.23. The molecule has 1 fully saturated rings. The molecule has 1 aromatic rings. The van der Waals surface area contributed by atoms with Gasteiger partial charge in [0.15, 0.2) is 6.23 Å². The standard InChI is InChI=1S/C16H17NO2/c1-3-9-16-11-14(18)19-15(16)17(10-4-2)13-8-6-5-7-12(13)16/h3-8,15H,1-2,9-11H2/t15-,16-/m0/s1. The number of anilines is 1. The van der Waals surface area contributed by atoms with Gasteiger partial charge in [0.2, 0.25) is 0 Å². The van der Waals surface area contributed by atoms with Crippen molar-refractivity contribution in [2.45, 2.75) is 24.5 Å². The number of fused-ring (bicyclic) bond motifs is 3. The number of rotatable bonds is 4. The lowest BCUT2D eigenvalue weighted by Crippen LogP contribution is -2.41. The van der Waals surface area contributed by atoms with Crippen molar-refractivity contribution >= 4 is 11.7 Å². The second-order valence-electron chi connectivity index (χ2n) is 5.13. The Bertz CT molecular complexity index is 551. The van der Waals surface area contributed by atoms with Crippen molar-refractivity contribution < 1.29 is 9.53 Å². The highest BCUT2D eigenvalue weighted by atomic mass is 16.6. The van der Waals surface area contributed by atoms with Gasteiger partial charge in [-0.25, -0.2) is 0 Å². The molecule has 0 bridgehead atoms. The fraction of sp³-hybridized carbons (Fsp3) is 0.312. The summed E-state index contributed by atoms with van der Waals surface area (Å²) in [5.74, 6) is -0.129. The quantitative estimate of drug-likeness (QED) is 0.612. The van der Waals surface area contributed by atoms with Gasteiger partial charge in [-0.2, -0.15) is 0 Å². The van der Waals surface area contributed by atoms with E-state index in [-0.39, 0.29) is 17.6 Å². The van der Waals surface area contributed by atoms with E-state index in [2.05, 4.69) is 30.2 Å². The molecule has 0 aromatic heterocycles. The van der Waals surface area contributed by atoms with E-state index in [0.29, 0.717) is 13.0 Å². The molecule has 0 N–H and O–H groups in total. The van der Waals surface area contributed by atoms with E-state index in [4.69, 9.17) is 4.74 Å². The molecule has 98 valence electrons. The van der Waals surface area contributed by atoms with Crippen LogP contribution in [0.5, 0.6) is 0 Å². The number of nitrogens with zero attached hydrogens (tertiary/aromatic N) is 1. The van der Waals surface area contributed by atoms with Crippen molar-refractivity contribution in [2.24, 2.45) is 0 Å². The van der Waals surface area contributed by atoms with Gasteiger partial charge in [0.25, 0.3) is 0 Å². The van der Waals surface area contributed by atoms with E-state index in [1.54, 1.807) is 0 Å². The Morgan fingerprint density at radius 2 is 2.16 bits per heavy atom. The van der Waals surface area contributed by atoms with Crippen LogP contribution in [0.3, 0.4) is 0 Å². The minimum absolute atomic E-state index is 0.129. The number of hydrogen-bond acceptors (Lipinski definition) is 3. The topological polar surface area (TPSA) is 29.5 Å². The number of esters is 1. The van der Waals surface area contributed by atoms with Crippen molar-refractivity contribution in [2.75, 3.05) is 11.4 Å². The van der Waals surface area contributed by atoms with Crippen LogP contribution < -0.4 is 4.90 Å². The van der Waals surface area contributed by atoms with Crippen LogP contribution in [0.15, 0.2) is 49.6 Å². The number of allylic oxidation sites excluding steroid dienone is 1. The number of benzene rings is 1. The predicted octanol–water partition coefficient (Wildman–Crippen LogP) is 2.78. The molecule has 0 unspecified atom stereocenters. The van der Waals surface area contributed by atoms with Crippen LogP contribution >= 0.6 is 0 Å². The summed E-state index contributed by atoms with van der Waals surface area (Å²) in [6.07, 6.45) is 4.66. The maximum absolute atomic E-state index is 11.8. The molecule has 1 aromatic carbocycles. The summed E-state index contributed by atoms with van der Waals surface area (Å²) < 4.78 is 5.58. The van der Waals surface area contributed by atoms with Crippen LogP contribution in [-0.4, -0.2) is 18.7 Å². The summed E-state index contributed by atoms with van der Waals surface area (Å²) in [5, 5.41) is 0. The third-order valence-corrected chi connectivity index (χ3v) is 4.04. The lowest BCUT2D eigenvalue weighted by molar-refractivity contribution is -0.141. The van der Waals surface area contributed by atoms with Crippen LogP contribution in [0.4, 0.5) is 5.69 Å². The minimum Gasteiger partial charge on any atom is -0.440 e. The highest BCUT2D eigenvalue weighted by molar-refractivity contribution is 5.80. The Balaban J connectivity index is 2.16. The Labute approximate surface area is 113 Å². The van der Waals surface area contributed by atoms with E-state index in [1.807, 2.05) is 24.3 Å². The van der Waals surface area contributed by atoms with Crippen molar-refractivity contribution in [3.05, 3.63) is 55.1 Å². The zero-order chi connectivity index (χ0) is 13.5. The smallest absolute Gasteiger partial charge is 0.308 e. The van der Waals surface area contributed by atoms with Gasteiger partial charge in [0.05, 0.1) is 11.8 Å². The molecule has 0 saturated carbocycles. The molecule has 0 amide bonds. The van der Waals surface area contributed by atoms with E-state index in [1.165, 1.54) is 5.56 Å². The van der Waals surface area contributed by atoms with E-state index in [9.17, 15) is 4.79 Å². The van der Waals surface area contributed by atoms with Gasteiger partial charge in [-0.15, -0.1) is 13.2 Å². The van der Waals surface area contributed by atoms with Crippen molar-refractivity contribution in [3.8, 4) is 0 Å². The zero-order valence-corrected chi connectivity index (χ0v) is 10.8. The lowest BCUT2D eigenvalue weighted by Gasteiger charge is -2.29. The van der Waals surface area contributed by atoms with Gasteiger partial charge in [0, 0.05) is 12.2 Å². The average Bonchev–Trinajstić information content (AvgIpc) is 2.84. The van der Waals surface area contributed by atoms with Crippen LogP contribution in [0.1, 0.15) is 18.4 Å². The second kappa shape index (κ2) is 4.26. The number of carbonyl (C=O) groups excluding carboxylic acids is 1. The fourth-order valence-corrected chi connectivity index (χ4v) is 3.36. The Morgan fingerprint density at radius 1 is 1.37 bits per heavy atom. The molecule has 0 spiro atoms. The van der Waals surface area contributed by atoms with E-state index >= 15 is 0 Å². The van der Waals surface area contributed by atoms with Crippen LogP contribution in [-0.2, 0) is 14.9 Å². The Kier molecular flexibility index (Phi) is 2.70. The monoisotopic (exact) mass is 255 g/mol. The third-order valence-electron chi connectivity index (χ3n) is 4.04. The number of para-hydroxylation sites is 1. The average molecular weight is 255 g/mol. The summed E-state index contributed by atoms with van der Waals surface area (Å²) in [6, 6.07) is 8.20. The molecule has 0 aliphatic carbocycles. The van der Waals surface area contributed by atoms with Crippen LogP contribution in [0.2, 0.25) is 0 Å². The Hall–Kier alpha value is -2.03. The van der Waals surface area contributed by atoms with Crippen molar-refractivity contribution in [1.29, 1.82) is 0 Å². The van der Waals surface area contributed by atoms with Crippen molar-refractivity contribution in [1.82, 2.24) is 0 Å². The van der Waals surface area contributed by atoms with Crippen molar-refractivity contribution in [3.63, 3.8) is 0 Å². The third kappa shape index (κ3) is 1.54. The molecule has 3 nitrogen and oxygen atoms in total. The summed E-state index contributed by atoms with van der Waals surface area (Å²) in [5.41, 5.74) is 2.05. The Morgan fingerprint density at radius 3 is 2.89 bits per heavy atom. The first-order valence-corrected chi connectivity index (χ1v) is 6.50. The highest BCUT2D eigenvalue weighted by Gasteiger charge is 2.57. The molecular formula is C16H17NO2. The zero-order valence-electron chi connectivity index (χ0n) is 10.8. The largest absolute Gasteiger partial charge is 0.440 e. The molecule has 2 heterocycles. The van der Waals surface area contributed by atoms with E-state index in [0.717, 1.165) is 12.1 Å². The first-order valence-electron chi connectivity index (χ1n) is 6.50. The summed E-state index contributed by atoms with van der Waals surface area (Å²) in [7, 11) is 0. The van der Waals surface area contributed by atoms with Gasteiger partial charge in [-0.1, -0.05) is 30.4 Å². The van der Waals surface area contributed by atoms with Gasteiger partial charge in [0.1, 0.15) is 0 Å². The molecule has 3 heteroatoms. The summed E-state index contributed by atoms with van der Waals surface area (Å²) in [6.45, 7) is 8.31. The molecular weight excluding hydrogens is 238 g/mol. The summed E-state index contributed by atoms with van der Waals surface area (Å²) >= 11 is 0. The van der Waals surface area contributed by atoms with Crippen LogP contribution in [0.25, 0.3) is 0 Å². The second-order valence-corrected chi connectivity index (χ2v) is 5.13. The van der Waals surface area contributed by atoms with E-state index < -0.39 is 0 Å². The maximum atomic E-state index is 11.8. The summed E-state index contributed by atoms with van der Waals surface area (Å²) in [4.78, 5) is 13.9. The molecule has 19 heavy (non-hydrogen) atoms. The number of ether oxygens (including phenoxy) is 1. The van der Waals surface area contributed by atoms with Gasteiger partial charge in [-0.05, 0) is 18.1 Å². The predicted molar refractivity (Wildman–Crippen MR) is 75.0 cm³/mol.